The lowest BCUT2D eigenvalue weighted by Gasteiger charge is -2.15. The monoisotopic (exact) mass is 311 g/mol. The lowest BCUT2D eigenvalue weighted by atomic mass is 10.3. The fourth-order valence-electron chi connectivity index (χ4n) is 1.99. The maximum absolute atomic E-state index is 10.8. The van der Waals surface area contributed by atoms with Gasteiger partial charge in [0, 0.05) is 13.2 Å². The summed E-state index contributed by atoms with van der Waals surface area (Å²) < 4.78 is 12.2. The molecule has 0 saturated carbocycles. The van der Waals surface area contributed by atoms with E-state index < -0.39 is 5.97 Å². The third kappa shape index (κ3) is 3.45. The molecule has 0 aliphatic heterocycles. The zero-order valence-electron chi connectivity index (χ0n) is 12.1. The third-order valence-electron chi connectivity index (χ3n) is 2.86. The number of rotatable bonds is 7. The number of methoxy groups -OCH3 is 2. The lowest BCUT2D eigenvalue weighted by molar-refractivity contribution is -0.133. The first-order valence-corrected chi connectivity index (χ1v) is 7.32. The van der Waals surface area contributed by atoms with Crippen molar-refractivity contribution in [2.45, 2.75) is 18.1 Å². The Morgan fingerprint density at radius 1 is 1.43 bits per heavy atom. The van der Waals surface area contributed by atoms with Gasteiger partial charge in [0.05, 0.1) is 25.5 Å². The highest BCUT2D eigenvalue weighted by atomic mass is 32.2. The summed E-state index contributed by atoms with van der Waals surface area (Å²) in [6.07, 6.45) is 0. The Morgan fingerprint density at radius 3 is 2.81 bits per heavy atom. The normalized spacial score (nSPS) is 12.5. The average molecular weight is 311 g/mol. The molecule has 21 heavy (non-hydrogen) atoms. The van der Waals surface area contributed by atoms with Gasteiger partial charge >= 0.3 is 5.97 Å². The molecule has 0 aliphatic carbocycles. The van der Waals surface area contributed by atoms with Crippen molar-refractivity contribution in [3.05, 3.63) is 12.1 Å². The van der Waals surface area contributed by atoms with E-state index in [4.69, 9.17) is 14.6 Å². The molecule has 0 amide bonds. The molecule has 0 fully saturated rings. The second-order valence-electron chi connectivity index (χ2n) is 4.45. The number of thioether (sulfide) groups is 1. The number of carboxylic acids is 1. The smallest absolute Gasteiger partial charge is 0.313 e. The largest absolute Gasteiger partial charge is 0.481 e. The predicted molar refractivity (Wildman–Crippen MR) is 79.0 cm³/mol. The maximum atomic E-state index is 10.8. The Morgan fingerprint density at radius 2 is 2.19 bits per heavy atom. The van der Waals surface area contributed by atoms with E-state index in [0.717, 1.165) is 11.8 Å². The van der Waals surface area contributed by atoms with Crippen LogP contribution in [0.25, 0.3) is 11.2 Å². The molecule has 7 nitrogen and oxygen atoms in total. The number of imidazole rings is 1. The summed E-state index contributed by atoms with van der Waals surface area (Å²) in [5.74, 6) is -0.452. The molecule has 2 rings (SSSR count). The molecule has 0 saturated heterocycles. The molecule has 0 bridgehead atoms. The van der Waals surface area contributed by atoms with Crippen molar-refractivity contribution in [3.63, 3.8) is 0 Å². The highest BCUT2D eigenvalue weighted by Crippen LogP contribution is 2.28. The van der Waals surface area contributed by atoms with Crippen molar-refractivity contribution in [2.24, 2.45) is 0 Å². The van der Waals surface area contributed by atoms with Crippen LogP contribution >= 0.6 is 11.8 Å². The minimum atomic E-state index is -0.886. The van der Waals surface area contributed by atoms with Crippen molar-refractivity contribution in [2.75, 3.05) is 26.6 Å². The van der Waals surface area contributed by atoms with Crippen LogP contribution in [0.2, 0.25) is 0 Å². The Hall–Kier alpha value is -1.80. The van der Waals surface area contributed by atoms with E-state index >= 15 is 0 Å². The number of pyridine rings is 1. The van der Waals surface area contributed by atoms with Crippen LogP contribution in [0.15, 0.2) is 17.3 Å². The number of hydrogen-bond acceptors (Lipinski definition) is 6. The number of hydrogen-bond donors (Lipinski definition) is 1. The number of ether oxygens (including phenoxy) is 2. The zero-order chi connectivity index (χ0) is 15.4. The van der Waals surface area contributed by atoms with E-state index in [-0.39, 0.29) is 11.8 Å². The van der Waals surface area contributed by atoms with Crippen molar-refractivity contribution in [1.82, 2.24) is 14.5 Å². The van der Waals surface area contributed by atoms with Crippen LogP contribution in [0.3, 0.4) is 0 Å². The van der Waals surface area contributed by atoms with Gasteiger partial charge in [-0.2, -0.15) is 4.98 Å². The number of aliphatic carboxylic acids is 1. The first kappa shape index (κ1) is 15.6. The van der Waals surface area contributed by atoms with Crippen molar-refractivity contribution >= 4 is 28.9 Å². The minimum absolute atomic E-state index is 0.0177. The summed E-state index contributed by atoms with van der Waals surface area (Å²) in [6.45, 7) is 2.45. The van der Waals surface area contributed by atoms with Gasteiger partial charge in [-0.1, -0.05) is 11.8 Å². The molecule has 1 unspecified atom stereocenters. The molecule has 0 spiro atoms. The van der Waals surface area contributed by atoms with Gasteiger partial charge in [0.25, 0.3) is 0 Å². The van der Waals surface area contributed by atoms with E-state index in [1.54, 1.807) is 20.3 Å². The van der Waals surface area contributed by atoms with Gasteiger partial charge in [-0.25, -0.2) is 4.98 Å². The summed E-state index contributed by atoms with van der Waals surface area (Å²) in [7, 11) is 3.17. The van der Waals surface area contributed by atoms with Gasteiger partial charge in [0.15, 0.2) is 10.8 Å². The van der Waals surface area contributed by atoms with Crippen LogP contribution in [-0.4, -0.2) is 52.2 Å². The highest BCUT2D eigenvalue weighted by molar-refractivity contribution is 7.99. The zero-order valence-corrected chi connectivity index (χ0v) is 12.9. The Labute approximate surface area is 126 Å². The van der Waals surface area contributed by atoms with Gasteiger partial charge in [0.2, 0.25) is 5.88 Å². The SMILES string of the molecule is COCC(C)n1c(SCC(=O)O)nc2ccc(OC)nc21. The molecule has 1 atom stereocenters. The number of carboxylic acid groups (broad SMARTS) is 1. The first-order chi connectivity index (χ1) is 10.1. The van der Waals surface area contributed by atoms with Gasteiger partial charge in [-0.3, -0.25) is 9.36 Å². The lowest BCUT2D eigenvalue weighted by Crippen LogP contribution is -2.13. The quantitative estimate of drug-likeness (QED) is 0.780. The molecule has 114 valence electrons. The molecular weight excluding hydrogens is 294 g/mol. The fourth-order valence-corrected chi connectivity index (χ4v) is 2.81. The van der Waals surface area contributed by atoms with E-state index in [2.05, 4.69) is 9.97 Å². The van der Waals surface area contributed by atoms with Crippen molar-refractivity contribution < 1.29 is 19.4 Å². The van der Waals surface area contributed by atoms with E-state index in [9.17, 15) is 4.79 Å². The van der Waals surface area contributed by atoms with Gasteiger partial charge in [-0.05, 0) is 13.0 Å². The topological polar surface area (TPSA) is 86.5 Å². The van der Waals surface area contributed by atoms with Crippen LogP contribution in [0.1, 0.15) is 13.0 Å². The second kappa shape index (κ2) is 6.77. The van der Waals surface area contributed by atoms with Crippen LogP contribution in [0.5, 0.6) is 5.88 Å². The number of nitrogens with zero attached hydrogens (tertiary/aromatic N) is 3. The van der Waals surface area contributed by atoms with E-state index in [1.807, 2.05) is 17.6 Å². The summed E-state index contributed by atoms with van der Waals surface area (Å²) >= 11 is 1.16. The van der Waals surface area contributed by atoms with Crippen LogP contribution < -0.4 is 4.74 Å². The van der Waals surface area contributed by atoms with Crippen molar-refractivity contribution in [3.8, 4) is 5.88 Å². The Bertz CT molecular complexity index is 644. The van der Waals surface area contributed by atoms with E-state index in [1.165, 1.54) is 0 Å². The molecule has 0 aromatic carbocycles. The average Bonchev–Trinajstić information content (AvgIpc) is 2.82. The highest BCUT2D eigenvalue weighted by Gasteiger charge is 2.19. The number of fused-ring (bicyclic) bond motifs is 1. The predicted octanol–water partition coefficient (Wildman–Crippen LogP) is 1.82. The van der Waals surface area contributed by atoms with Gasteiger partial charge < -0.3 is 14.6 Å². The summed E-state index contributed by atoms with van der Waals surface area (Å²) in [6, 6.07) is 3.52. The molecule has 0 radical (unpaired) electrons. The molecular formula is C13H17N3O4S. The summed E-state index contributed by atoms with van der Waals surface area (Å²) in [5, 5.41) is 9.46. The number of carbonyl (C=O) groups is 1. The standard InChI is InChI=1S/C13H17N3O4S/c1-8(6-19-2)16-12-9(4-5-10(15-12)20-3)14-13(16)21-7-11(17)18/h4-5,8H,6-7H2,1-3H3,(H,17,18). The molecule has 2 aromatic rings. The third-order valence-corrected chi connectivity index (χ3v) is 3.80. The fraction of sp³-hybridized carbons (Fsp3) is 0.462. The summed E-state index contributed by atoms with van der Waals surface area (Å²) in [4.78, 5) is 19.6. The molecule has 0 aliphatic rings. The number of aromatic nitrogens is 3. The molecule has 2 heterocycles. The molecule has 1 N–H and O–H groups in total. The summed E-state index contributed by atoms with van der Waals surface area (Å²) in [5.41, 5.74) is 1.36. The van der Waals surface area contributed by atoms with Gasteiger partial charge in [-0.15, -0.1) is 0 Å². The van der Waals surface area contributed by atoms with Crippen LogP contribution in [-0.2, 0) is 9.53 Å². The molecule has 2 aromatic heterocycles. The minimum Gasteiger partial charge on any atom is -0.481 e. The van der Waals surface area contributed by atoms with E-state index in [0.29, 0.717) is 28.8 Å². The Balaban J connectivity index is 2.49. The second-order valence-corrected chi connectivity index (χ2v) is 5.39. The van der Waals surface area contributed by atoms with Crippen LogP contribution in [0, 0.1) is 0 Å². The van der Waals surface area contributed by atoms with Crippen LogP contribution in [0.4, 0.5) is 0 Å². The van der Waals surface area contributed by atoms with Gasteiger partial charge in [0.1, 0.15) is 5.52 Å². The molecule has 8 heteroatoms. The Kier molecular flexibility index (Phi) is 5.03. The maximum Gasteiger partial charge on any atom is 0.313 e. The first-order valence-electron chi connectivity index (χ1n) is 6.33. The van der Waals surface area contributed by atoms with Crippen molar-refractivity contribution in [1.29, 1.82) is 0 Å².